The molecule has 190 valence electrons. The summed E-state index contributed by atoms with van der Waals surface area (Å²) in [7, 11) is 0. The summed E-state index contributed by atoms with van der Waals surface area (Å²) in [6.45, 7) is 2.55. The van der Waals surface area contributed by atoms with E-state index < -0.39 is 17.7 Å². The summed E-state index contributed by atoms with van der Waals surface area (Å²) in [5.41, 5.74) is 3.89. The second-order valence-corrected chi connectivity index (χ2v) is 9.18. The topological polar surface area (TPSA) is 100.0 Å². The van der Waals surface area contributed by atoms with Gasteiger partial charge in [0.05, 0.1) is 11.6 Å². The maximum atomic E-state index is 13.2. The number of aromatic hydroxyl groups is 1. The number of hydrogen-bond acceptors (Lipinski definition) is 6. The summed E-state index contributed by atoms with van der Waals surface area (Å²) >= 11 is 0. The fourth-order valence-corrected chi connectivity index (χ4v) is 4.57. The van der Waals surface area contributed by atoms with Crippen LogP contribution in [-0.2, 0) is 22.7 Å². The third kappa shape index (κ3) is 5.13. The Morgan fingerprint density at radius 3 is 2.37 bits per heavy atom. The number of aromatic nitrogens is 1. The Bertz CT molecular complexity index is 1500. The minimum absolute atomic E-state index is 0.0157. The number of rotatable bonds is 7. The van der Waals surface area contributed by atoms with Crippen molar-refractivity contribution in [3.63, 3.8) is 0 Å². The van der Waals surface area contributed by atoms with E-state index in [1.54, 1.807) is 54.9 Å². The number of nitrogens with zero attached hydrogens (tertiary/aromatic N) is 2. The minimum atomic E-state index is -0.840. The summed E-state index contributed by atoms with van der Waals surface area (Å²) in [5, 5.41) is 21.1. The van der Waals surface area contributed by atoms with Crippen LogP contribution in [0.2, 0.25) is 0 Å². The first-order valence-corrected chi connectivity index (χ1v) is 12.2. The van der Waals surface area contributed by atoms with Crippen LogP contribution in [-0.4, -0.2) is 31.8 Å². The zero-order valence-electron chi connectivity index (χ0n) is 20.7. The minimum Gasteiger partial charge on any atom is -0.508 e. The Labute approximate surface area is 220 Å². The van der Waals surface area contributed by atoms with Crippen molar-refractivity contribution in [2.45, 2.75) is 26.1 Å². The Kier molecular flexibility index (Phi) is 6.91. The quantitative estimate of drug-likeness (QED) is 0.201. The number of likely N-dealkylation sites (tertiary alicyclic amines) is 1. The lowest BCUT2D eigenvalue weighted by molar-refractivity contribution is -0.140. The summed E-state index contributed by atoms with van der Waals surface area (Å²) in [6.07, 6.45) is 3.26. The molecular weight excluding hydrogens is 480 g/mol. The van der Waals surface area contributed by atoms with Gasteiger partial charge in [0.1, 0.15) is 23.9 Å². The number of Topliss-reactive ketones (excluding diaryl/α,β-unsaturated/α-hetero) is 1. The van der Waals surface area contributed by atoms with Crippen LogP contribution < -0.4 is 4.74 Å². The third-order valence-electron chi connectivity index (χ3n) is 6.44. The number of phenols is 1. The Balaban J connectivity index is 1.47. The molecule has 1 atom stereocenters. The van der Waals surface area contributed by atoms with Crippen molar-refractivity contribution < 1.29 is 24.5 Å². The summed E-state index contributed by atoms with van der Waals surface area (Å²) in [5.74, 6) is -1.11. The van der Waals surface area contributed by atoms with E-state index in [1.807, 2.05) is 37.3 Å². The molecule has 1 amide bonds. The number of ketones is 1. The molecule has 1 saturated heterocycles. The van der Waals surface area contributed by atoms with Gasteiger partial charge in [-0.05, 0) is 66.1 Å². The molecule has 1 aromatic heterocycles. The molecule has 0 aliphatic carbocycles. The monoisotopic (exact) mass is 506 g/mol. The molecule has 0 saturated carbocycles. The molecule has 38 heavy (non-hydrogen) atoms. The third-order valence-corrected chi connectivity index (χ3v) is 6.44. The molecule has 2 N–H and O–H groups in total. The lowest BCUT2D eigenvalue weighted by Crippen LogP contribution is -2.29. The normalized spacial score (nSPS) is 16.6. The maximum Gasteiger partial charge on any atom is 0.295 e. The van der Waals surface area contributed by atoms with Crippen molar-refractivity contribution in [1.82, 2.24) is 9.88 Å². The van der Waals surface area contributed by atoms with Gasteiger partial charge in [0.15, 0.2) is 0 Å². The number of phenolic OH excluding ortho intramolecular Hbond substituents is 1. The van der Waals surface area contributed by atoms with Crippen LogP contribution in [0.5, 0.6) is 11.5 Å². The van der Waals surface area contributed by atoms with E-state index in [4.69, 9.17) is 4.74 Å². The van der Waals surface area contributed by atoms with Gasteiger partial charge in [-0.1, -0.05) is 48.0 Å². The fraction of sp³-hybridized carbons (Fsp3) is 0.129. The van der Waals surface area contributed by atoms with E-state index in [9.17, 15) is 19.8 Å². The Morgan fingerprint density at radius 1 is 0.947 bits per heavy atom. The van der Waals surface area contributed by atoms with Gasteiger partial charge in [-0.2, -0.15) is 0 Å². The van der Waals surface area contributed by atoms with Crippen molar-refractivity contribution in [1.29, 1.82) is 0 Å². The average molecular weight is 507 g/mol. The van der Waals surface area contributed by atoms with Gasteiger partial charge in [0.25, 0.3) is 11.7 Å². The van der Waals surface area contributed by atoms with Crippen LogP contribution >= 0.6 is 0 Å². The molecule has 3 aromatic carbocycles. The van der Waals surface area contributed by atoms with E-state index in [2.05, 4.69) is 4.98 Å². The first-order valence-electron chi connectivity index (χ1n) is 12.2. The molecular formula is C31H26N2O5. The second-order valence-electron chi connectivity index (χ2n) is 9.18. The SMILES string of the molecule is Cc1cccc(COc2ccc(C(O)=C3C(=O)C(=O)N(Cc4cccnc4)[C@H]3c3ccc(O)cc3)cc2)c1. The standard InChI is InChI=1S/C31H26N2O5/c1-20-4-2-5-21(16-20)19-38-26-13-9-24(10-14-26)29(35)27-28(23-7-11-25(34)12-8-23)33(31(37)30(27)36)18-22-6-3-15-32-17-22/h2-17,28,34-35H,18-19H2,1H3/t28-/m0/s1. The lowest BCUT2D eigenvalue weighted by Gasteiger charge is -2.25. The van der Waals surface area contributed by atoms with Crippen LogP contribution in [0.3, 0.4) is 0 Å². The van der Waals surface area contributed by atoms with Crippen LogP contribution in [0.4, 0.5) is 0 Å². The highest BCUT2D eigenvalue weighted by Crippen LogP contribution is 2.40. The number of pyridine rings is 1. The number of aliphatic hydroxyl groups is 1. The van der Waals surface area contributed by atoms with Gasteiger partial charge >= 0.3 is 0 Å². The summed E-state index contributed by atoms with van der Waals surface area (Å²) in [4.78, 5) is 31.9. The molecule has 0 spiro atoms. The smallest absolute Gasteiger partial charge is 0.295 e. The molecule has 0 unspecified atom stereocenters. The van der Waals surface area contributed by atoms with Gasteiger partial charge in [-0.25, -0.2) is 0 Å². The van der Waals surface area contributed by atoms with Crippen molar-refractivity contribution in [3.05, 3.63) is 131 Å². The predicted octanol–water partition coefficient (Wildman–Crippen LogP) is 5.30. The number of carbonyl (C=O) groups excluding carboxylic acids is 2. The molecule has 7 heteroatoms. The summed E-state index contributed by atoms with van der Waals surface area (Å²) in [6, 6.07) is 23.7. The molecule has 7 nitrogen and oxygen atoms in total. The van der Waals surface area contributed by atoms with Crippen LogP contribution in [0, 0.1) is 6.92 Å². The molecule has 1 aliphatic heterocycles. The largest absolute Gasteiger partial charge is 0.508 e. The predicted molar refractivity (Wildman–Crippen MR) is 142 cm³/mol. The van der Waals surface area contributed by atoms with Crippen molar-refractivity contribution in [2.24, 2.45) is 0 Å². The van der Waals surface area contributed by atoms with Gasteiger partial charge in [-0.15, -0.1) is 0 Å². The van der Waals surface area contributed by atoms with Crippen LogP contribution in [0.1, 0.15) is 33.9 Å². The van der Waals surface area contributed by atoms with Crippen LogP contribution in [0.25, 0.3) is 5.76 Å². The molecule has 1 fully saturated rings. The van der Waals surface area contributed by atoms with Gasteiger partial charge in [-0.3, -0.25) is 14.6 Å². The molecule has 0 radical (unpaired) electrons. The lowest BCUT2D eigenvalue weighted by atomic mass is 9.95. The number of hydrogen-bond donors (Lipinski definition) is 2. The molecule has 5 rings (SSSR count). The maximum absolute atomic E-state index is 13.2. The highest BCUT2D eigenvalue weighted by atomic mass is 16.5. The molecule has 4 aromatic rings. The van der Waals surface area contributed by atoms with E-state index in [0.717, 1.165) is 16.7 Å². The second kappa shape index (κ2) is 10.6. The number of aliphatic hydroxyl groups excluding tert-OH is 1. The summed E-state index contributed by atoms with van der Waals surface area (Å²) < 4.78 is 5.87. The molecule has 0 bridgehead atoms. The Morgan fingerprint density at radius 2 is 1.68 bits per heavy atom. The average Bonchev–Trinajstić information content (AvgIpc) is 3.18. The number of amides is 1. The van der Waals surface area contributed by atoms with E-state index in [0.29, 0.717) is 23.5 Å². The molecule has 1 aliphatic rings. The first-order chi connectivity index (χ1) is 18.4. The van der Waals surface area contributed by atoms with Crippen molar-refractivity contribution in [2.75, 3.05) is 0 Å². The number of benzene rings is 3. The number of carbonyl (C=O) groups is 2. The van der Waals surface area contributed by atoms with E-state index in [-0.39, 0.29) is 23.6 Å². The van der Waals surface area contributed by atoms with E-state index in [1.165, 1.54) is 17.0 Å². The highest BCUT2D eigenvalue weighted by molar-refractivity contribution is 6.46. The Hall–Kier alpha value is -4.91. The highest BCUT2D eigenvalue weighted by Gasteiger charge is 2.46. The van der Waals surface area contributed by atoms with Gasteiger partial charge < -0.3 is 19.8 Å². The van der Waals surface area contributed by atoms with Crippen molar-refractivity contribution >= 4 is 17.4 Å². The van der Waals surface area contributed by atoms with E-state index >= 15 is 0 Å². The number of ether oxygens (including phenoxy) is 1. The fourth-order valence-electron chi connectivity index (χ4n) is 4.57. The van der Waals surface area contributed by atoms with Gasteiger partial charge in [0.2, 0.25) is 0 Å². The zero-order valence-corrected chi connectivity index (χ0v) is 20.7. The first kappa shape index (κ1) is 24.8. The van der Waals surface area contributed by atoms with Crippen LogP contribution in [0.15, 0.2) is 103 Å². The van der Waals surface area contributed by atoms with Gasteiger partial charge in [0, 0.05) is 24.5 Å². The van der Waals surface area contributed by atoms with Crippen molar-refractivity contribution in [3.8, 4) is 11.5 Å². The molecule has 2 heterocycles. The number of aryl methyl sites for hydroxylation is 1. The zero-order chi connectivity index (χ0) is 26.6.